The molecular formula is C31H30N6O3. The van der Waals surface area contributed by atoms with Crippen LogP contribution >= 0.6 is 0 Å². The van der Waals surface area contributed by atoms with Crippen molar-refractivity contribution in [3.05, 3.63) is 90.3 Å². The van der Waals surface area contributed by atoms with Crippen LogP contribution in [0.1, 0.15) is 28.8 Å². The minimum Gasteiger partial charge on any atom is -0.490 e. The quantitative estimate of drug-likeness (QED) is 0.267. The zero-order chi connectivity index (χ0) is 27.5. The van der Waals surface area contributed by atoms with Gasteiger partial charge in [-0.1, -0.05) is 18.2 Å². The summed E-state index contributed by atoms with van der Waals surface area (Å²) in [5, 5.41) is 6.73. The van der Waals surface area contributed by atoms with Crippen LogP contribution in [0, 0.1) is 6.92 Å². The number of fused-ring (bicyclic) bond motifs is 1. The Kier molecular flexibility index (Phi) is 7.11. The van der Waals surface area contributed by atoms with Gasteiger partial charge >= 0.3 is 5.97 Å². The van der Waals surface area contributed by atoms with Gasteiger partial charge in [0.15, 0.2) is 0 Å². The normalized spacial score (nSPS) is 13.8. The number of piperidine rings is 1. The van der Waals surface area contributed by atoms with Gasteiger partial charge in [-0.2, -0.15) is 0 Å². The van der Waals surface area contributed by atoms with E-state index < -0.39 is 5.97 Å². The smallest absolute Gasteiger partial charge is 0.337 e. The number of benzene rings is 2. The van der Waals surface area contributed by atoms with Gasteiger partial charge in [0.1, 0.15) is 17.5 Å². The second-order valence-electron chi connectivity index (χ2n) is 9.74. The number of hydrogen-bond donors (Lipinski definition) is 2. The SMILES string of the molecule is COC(=O)c1cccc(-c2nc3ccccn3c2-c2ccnc(Nc3ccc(OC4CCNCC4)cc3C)n2)c1. The molecule has 1 saturated heterocycles. The maximum Gasteiger partial charge on any atom is 0.337 e. The maximum absolute atomic E-state index is 12.2. The number of ether oxygens (including phenoxy) is 2. The molecule has 0 unspecified atom stereocenters. The fourth-order valence-corrected chi connectivity index (χ4v) is 4.98. The van der Waals surface area contributed by atoms with E-state index in [0.717, 1.165) is 59.8 Å². The van der Waals surface area contributed by atoms with Crippen LogP contribution < -0.4 is 15.4 Å². The molecule has 0 saturated carbocycles. The fraction of sp³-hybridized carbons (Fsp3) is 0.226. The largest absolute Gasteiger partial charge is 0.490 e. The number of hydrogen-bond acceptors (Lipinski definition) is 8. The topological polar surface area (TPSA) is 103 Å². The number of nitrogens with zero attached hydrogens (tertiary/aromatic N) is 4. The van der Waals surface area contributed by atoms with E-state index in [1.165, 1.54) is 7.11 Å². The van der Waals surface area contributed by atoms with E-state index in [1.807, 2.05) is 72.1 Å². The van der Waals surface area contributed by atoms with Gasteiger partial charge in [0.2, 0.25) is 5.95 Å². The number of nitrogens with one attached hydrogen (secondary N) is 2. The summed E-state index contributed by atoms with van der Waals surface area (Å²) < 4.78 is 13.1. The van der Waals surface area contributed by atoms with Crippen molar-refractivity contribution >= 4 is 23.3 Å². The average Bonchev–Trinajstić information content (AvgIpc) is 3.39. The molecule has 2 N–H and O–H groups in total. The molecule has 0 bridgehead atoms. The monoisotopic (exact) mass is 534 g/mol. The molecule has 0 radical (unpaired) electrons. The van der Waals surface area contributed by atoms with Crippen molar-refractivity contribution in [2.75, 3.05) is 25.5 Å². The van der Waals surface area contributed by atoms with Gasteiger partial charge in [0.25, 0.3) is 0 Å². The number of pyridine rings is 1. The lowest BCUT2D eigenvalue weighted by atomic mass is 10.1. The summed E-state index contributed by atoms with van der Waals surface area (Å²) in [5.41, 5.74) is 6.14. The number of carbonyl (C=O) groups is 1. The predicted molar refractivity (Wildman–Crippen MR) is 154 cm³/mol. The molecule has 6 rings (SSSR count). The molecule has 202 valence electrons. The van der Waals surface area contributed by atoms with Crippen molar-refractivity contribution in [3.63, 3.8) is 0 Å². The Morgan fingerprint density at radius 2 is 1.90 bits per heavy atom. The van der Waals surface area contributed by atoms with Crippen LogP contribution in [0.3, 0.4) is 0 Å². The molecule has 2 aromatic carbocycles. The number of esters is 1. The average molecular weight is 535 g/mol. The Morgan fingerprint density at radius 3 is 2.73 bits per heavy atom. The van der Waals surface area contributed by atoms with Gasteiger partial charge in [-0.15, -0.1) is 0 Å². The van der Waals surface area contributed by atoms with Crippen LogP contribution in [0.2, 0.25) is 0 Å². The van der Waals surface area contributed by atoms with E-state index in [9.17, 15) is 4.79 Å². The highest BCUT2D eigenvalue weighted by Crippen LogP contribution is 2.33. The third kappa shape index (κ3) is 5.23. The molecule has 5 aromatic rings. The van der Waals surface area contributed by atoms with Crippen LogP contribution in [0.25, 0.3) is 28.3 Å². The highest BCUT2D eigenvalue weighted by atomic mass is 16.5. The summed E-state index contributed by atoms with van der Waals surface area (Å²) in [7, 11) is 1.37. The van der Waals surface area contributed by atoms with Gasteiger partial charge in [-0.05, 0) is 86.9 Å². The fourth-order valence-electron chi connectivity index (χ4n) is 4.98. The van der Waals surface area contributed by atoms with Crippen molar-refractivity contribution in [1.82, 2.24) is 24.7 Å². The number of carbonyl (C=O) groups excluding carboxylic acids is 1. The third-order valence-corrected chi connectivity index (χ3v) is 7.02. The van der Waals surface area contributed by atoms with Gasteiger partial charge < -0.3 is 20.1 Å². The number of methoxy groups -OCH3 is 1. The Bertz CT molecular complexity index is 1680. The van der Waals surface area contributed by atoms with Gasteiger partial charge in [0, 0.05) is 23.6 Å². The molecule has 1 fully saturated rings. The molecule has 0 amide bonds. The Morgan fingerprint density at radius 1 is 1.02 bits per heavy atom. The standard InChI is InChI=1S/C31H30N6O3/c1-20-18-24(40-23-11-14-32-15-12-23)9-10-25(20)34-31-33-16-13-26(35-31)29-28(36-27-8-3-4-17-37(27)29)21-6-5-7-22(19-21)30(38)39-2/h3-10,13,16-19,23,32H,11-12,14-15H2,1-2H3,(H,33,34,35). The lowest BCUT2D eigenvalue weighted by molar-refractivity contribution is 0.0600. The molecule has 0 spiro atoms. The molecule has 9 nitrogen and oxygen atoms in total. The number of aromatic nitrogens is 4. The van der Waals surface area contributed by atoms with Crippen LogP contribution in [-0.2, 0) is 4.74 Å². The van der Waals surface area contributed by atoms with Crippen molar-refractivity contribution in [2.45, 2.75) is 25.9 Å². The minimum absolute atomic E-state index is 0.243. The molecule has 0 atom stereocenters. The van der Waals surface area contributed by atoms with Crippen molar-refractivity contribution < 1.29 is 14.3 Å². The van der Waals surface area contributed by atoms with Crippen LogP contribution in [0.4, 0.5) is 11.6 Å². The lowest BCUT2D eigenvalue weighted by Gasteiger charge is -2.24. The molecular weight excluding hydrogens is 504 g/mol. The Balaban J connectivity index is 1.33. The molecule has 40 heavy (non-hydrogen) atoms. The van der Waals surface area contributed by atoms with Crippen LogP contribution in [-0.4, -0.2) is 51.6 Å². The van der Waals surface area contributed by atoms with E-state index in [4.69, 9.17) is 19.4 Å². The number of rotatable bonds is 7. The molecule has 3 aromatic heterocycles. The van der Waals surface area contributed by atoms with Crippen LogP contribution in [0.5, 0.6) is 5.75 Å². The van der Waals surface area contributed by atoms with E-state index in [0.29, 0.717) is 22.9 Å². The van der Waals surface area contributed by atoms with Gasteiger partial charge in [-0.25, -0.2) is 19.7 Å². The number of aryl methyl sites for hydroxylation is 1. The van der Waals surface area contributed by atoms with Gasteiger partial charge in [0.05, 0.1) is 29.8 Å². The first kappa shape index (κ1) is 25.5. The number of imidazole rings is 1. The van der Waals surface area contributed by atoms with E-state index in [1.54, 1.807) is 18.3 Å². The summed E-state index contributed by atoms with van der Waals surface area (Å²) in [4.78, 5) is 26.4. The highest BCUT2D eigenvalue weighted by molar-refractivity contribution is 5.92. The van der Waals surface area contributed by atoms with Crippen molar-refractivity contribution in [3.8, 4) is 28.4 Å². The zero-order valence-electron chi connectivity index (χ0n) is 22.4. The van der Waals surface area contributed by atoms with E-state index >= 15 is 0 Å². The third-order valence-electron chi connectivity index (χ3n) is 7.02. The summed E-state index contributed by atoms with van der Waals surface area (Å²) in [6.45, 7) is 4.02. The maximum atomic E-state index is 12.2. The first-order valence-electron chi connectivity index (χ1n) is 13.3. The number of anilines is 2. The first-order chi connectivity index (χ1) is 19.6. The summed E-state index contributed by atoms with van der Waals surface area (Å²) in [5.74, 6) is 0.935. The summed E-state index contributed by atoms with van der Waals surface area (Å²) in [6.07, 6.45) is 5.94. The molecule has 1 aliphatic rings. The van der Waals surface area contributed by atoms with Crippen LogP contribution in [0.15, 0.2) is 79.1 Å². The zero-order valence-corrected chi connectivity index (χ0v) is 22.4. The molecule has 0 aliphatic carbocycles. The summed E-state index contributed by atoms with van der Waals surface area (Å²) in [6, 6.07) is 21.0. The van der Waals surface area contributed by atoms with Crippen molar-refractivity contribution in [2.24, 2.45) is 0 Å². The second-order valence-corrected chi connectivity index (χ2v) is 9.74. The van der Waals surface area contributed by atoms with Crippen molar-refractivity contribution in [1.29, 1.82) is 0 Å². The summed E-state index contributed by atoms with van der Waals surface area (Å²) >= 11 is 0. The van der Waals surface area contributed by atoms with Gasteiger partial charge in [-0.3, -0.25) is 4.40 Å². The molecule has 1 aliphatic heterocycles. The Labute approximate surface area is 232 Å². The second kappa shape index (κ2) is 11.2. The predicted octanol–water partition coefficient (Wildman–Crippen LogP) is 5.43. The molecule has 4 heterocycles. The Hall–Kier alpha value is -4.76. The van der Waals surface area contributed by atoms with E-state index in [-0.39, 0.29) is 6.10 Å². The first-order valence-corrected chi connectivity index (χ1v) is 13.3. The highest BCUT2D eigenvalue weighted by Gasteiger charge is 2.19. The molecule has 9 heteroatoms. The van der Waals surface area contributed by atoms with E-state index in [2.05, 4.69) is 15.6 Å². The lowest BCUT2D eigenvalue weighted by Crippen LogP contribution is -2.34. The minimum atomic E-state index is -0.400.